The monoisotopic (exact) mass is 472 g/mol. The average Bonchev–Trinajstić information content (AvgIpc) is 3.17. The van der Waals surface area contributed by atoms with Gasteiger partial charge in [0.25, 0.3) is 0 Å². The highest BCUT2D eigenvalue weighted by molar-refractivity contribution is 7.15. The van der Waals surface area contributed by atoms with Gasteiger partial charge in [0.15, 0.2) is 0 Å². The van der Waals surface area contributed by atoms with Crippen LogP contribution in [0.3, 0.4) is 0 Å². The highest BCUT2D eigenvalue weighted by Crippen LogP contribution is 2.38. The summed E-state index contributed by atoms with van der Waals surface area (Å²) in [7, 11) is 1.97. The highest BCUT2D eigenvalue weighted by atomic mass is 32.1. The van der Waals surface area contributed by atoms with Gasteiger partial charge in [-0.1, -0.05) is 25.7 Å². The summed E-state index contributed by atoms with van der Waals surface area (Å²) in [6.45, 7) is 10.6. The first kappa shape index (κ1) is 25.8. The molecule has 0 unspecified atom stereocenters. The van der Waals surface area contributed by atoms with Crippen LogP contribution in [0.1, 0.15) is 101 Å². The smallest absolute Gasteiger partial charge is 0.348 e. The van der Waals surface area contributed by atoms with E-state index in [1.54, 1.807) is 5.01 Å². The minimum Gasteiger partial charge on any atom is -0.477 e. The number of carbonyl (C=O) groups excluding carboxylic acids is 1. The minimum atomic E-state index is -1.00. The van der Waals surface area contributed by atoms with Gasteiger partial charge in [0.1, 0.15) is 4.88 Å². The number of amides is 1. The van der Waals surface area contributed by atoms with E-state index < -0.39 is 5.97 Å². The van der Waals surface area contributed by atoms with Crippen molar-refractivity contribution in [2.24, 2.45) is 23.2 Å². The topological polar surface area (TPSA) is 60.9 Å². The molecule has 2 fully saturated rings. The number of anilines is 1. The van der Waals surface area contributed by atoms with Gasteiger partial charge in [0.2, 0.25) is 5.91 Å². The molecule has 2 saturated carbocycles. The van der Waals surface area contributed by atoms with Crippen LogP contribution in [0.15, 0.2) is 6.07 Å². The number of hydrazine groups is 1. The summed E-state index contributed by atoms with van der Waals surface area (Å²) in [5, 5.41) is 13.8. The van der Waals surface area contributed by atoms with Gasteiger partial charge in [-0.25, -0.2) is 14.8 Å². The Hall–Kier alpha value is -1.84. The largest absolute Gasteiger partial charge is 0.477 e. The number of carboxylic acids is 1. The molecule has 182 valence electrons. The summed E-state index contributed by atoms with van der Waals surface area (Å²) in [5.74, 6) is 6.69. The lowest BCUT2D eigenvalue weighted by Gasteiger charge is -2.42. The first-order chi connectivity index (χ1) is 15.5. The van der Waals surface area contributed by atoms with E-state index in [0.717, 1.165) is 51.4 Å². The maximum absolute atomic E-state index is 13.9. The normalized spacial score (nSPS) is 25.9. The van der Waals surface area contributed by atoms with E-state index in [-0.39, 0.29) is 28.2 Å². The lowest BCUT2D eigenvalue weighted by atomic mass is 9.82. The van der Waals surface area contributed by atoms with Gasteiger partial charge in [-0.05, 0) is 90.0 Å². The average molecular weight is 473 g/mol. The molecular formula is C27H40N2O3S. The highest BCUT2D eigenvalue weighted by Gasteiger charge is 2.37. The van der Waals surface area contributed by atoms with Gasteiger partial charge < -0.3 is 5.11 Å². The van der Waals surface area contributed by atoms with Gasteiger partial charge in [0.05, 0.1) is 10.6 Å². The van der Waals surface area contributed by atoms with Gasteiger partial charge >= 0.3 is 5.97 Å². The Bertz CT molecular complexity index is 904. The number of rotatable bonds is 5. The molecule has 5 nitrogen and oxygen atoms in total. The zero-order valence-electron chi connectivity index (χ0n) is 21.1. The lowest BCUT2D eigenvalue weighted by molar-refractivity contribution is -0.127. The molecule has 0 radical (unpaired) electrons. The molecule has 1 aromatic heterocycles. The minimum absolute atomic E-state index is 0.0404. The molecule has 1 aromatic rings. The SMILES string of the molecule is CC1CCC(C(=O)N(c2cc(C#CC(C)(C)C)sc2C(=O)O)N(C)C2CCC(C)CC2)CC1. The number of carbonyl (C=O) groups is 2. The molecule has 33 heavy (non-hydrogen) atoms. The van der Waals surface area contributed by atoms with Crippen molar-refractivity contribution in [3.63, 3.8) is 0 Å². The molecule has 0 bridgehead atoms. The van der Waals surface area contributed by atoms with E-state index >= 15 is 0 Å². The van der Waals surface area contributed by atoms with Crippen molar-refractivity contribution in [2.45, 2.75) is 92.0 Å². The first-order valence-corrected chi connectivity index (χ1v) is 13.2. The fourth-order valence-corrected chi connectivity index (χ4v) is 5.74. The predicted octanol–water partition coefficient (Wildman–Crippen LogP) is 6.43. The number of nitrogens with zero attached hydrogens (tertiary/aromatic N) is 2. The van der Waals surface area contributed by atoms with Crippen LogP contribution in [0.5, 0.6) is 0 Å². The first-order valence-electron chi connectivity index (χ1n) is 12.4. The van der Waals surface area contributed by atoms with Gasteiger partial charge in [-0.3, -0.25) is 4.79 Å². The number of thiophene rings is 1. The van der Waals surface area contributed by atoms with Crippen molar-refractivity contribution >= 4 is 28.9 Å². The second-order valence-corrected chi connectivity index (χ2v) is 12.3. The molecule has 0 aromatic carbocycles. The quantitative estimate of drug-likeness (QED) is 0.396. The van der Waals surface area contributed by atoms with Crippen LogP contribution in [0.4, 0.5) is 5.69 Å². The molecule has 1 heterocycles. The van der Waals surface area contributed by atoms with Crippen LogP contribution >= 0.6 is 11.3 Å². The Labute approximate surface area is 203 Å². The summed E-state index contributed by atoms with van der Waals surface area (Å²) in [6, 6.07) is 2.05. The predicted molar refractivity (Wildman–Crippen MR) is 135 cm³/mol. The summed E-state index contributed by atoms with van der Waals surface area (Å²) in [4.78, 5) is 27.0. The van der Waals surface area contributed by atoms with Crippen LogP contribution < -0.4 is 5.01 Å². The molecule has 0 saturated heterocycles. The van der Waals surface area contributed by atoms with Gasteiger partial charge in [-0.2, -0.15) is 0 Å². The van der Waals surface area contributed by atoms with Crippen LogP contribution in [0.25, 0.3) is 0 Å². The standard InChI is InChI=1S/C27H40N2O3S/c1-18-7-11-20(12-8-18)25(30)29(28(6)21-13-9-19(2)10-14-21)23-17-22(15-16-27(3,4)5)33-24(23)26(31)32/h17-21H,7-14H2,1-6H3,(H,31,32). The van der Waals surface area contributed by atoms with Crippen molar-refractivity contribution in [3.05, 3.63) is 15.8 Å². The Morgan fingerprint density at radius 3 is 2.06 bits per heavy atom. The third kappa shape index (κ3) is 6.61. The van der Waals surface area contributed by atoms with E-state index in [2.05, 4.69) is 25.7 Å². The second kappa shape index (κ2) is 10.6. The second-order valence-electron chi connectivity index (χ2n) is 11.2. The molecule has 1 amide bonds. The van der Waals surface area contributed by atoms with Crippen molar-refractivity contribution in [3.8, 4) is 11.8 Å². The summed E-state index contributed by atoms with van der Waals surface area (Å²) < 4.78 is 0. The maximum Gasteiger partial charge on any atom is 0.348 e. The zero-order valence-corrected chi connectivity index (χ0v) is 21.9. The number of aromatic carboxylic acids is 1. The molecule has 2 aliphatic carbocycles. The fourth-order valence-electron chi connectivity index (χ4n) is 4.91. The van der Waals surface area contributed by atoms with E-state index in [9.17, 15) is 14.7 Å². The van der Waals surface area contributed by atoms with E-state index in [0.29, 0.717) is 22.4 Å². The molecule has 3 rings (SSSR count). The Kier molecular flexibility index (Phi) is 8.29. The van der Waals surface area contributed by atoms with Gasteiger partial charge in [-0.15, -0.1) is 11.3 Å². The molecule has 0 aliphatic heterocycles. The fraction of sp³-hybridized carbons (Fsp3) is 0.704. The van der Waals surface area contributed by atoms with Gasteiger partial charge in [0, 0.05) is 24.4 Å². The van der Waals surface area contributed by atoms with Crippen molar-refractivity contribution in [2.75, 3.05) is 12.1 Å². The third-order valence-electron chi connectivity index (χ3n) is 7.10. The number of hydrogen-bond donors (Lipinski definition) is 1. The number of carboxylic acid groups (broad SMARTS) is 1. The Morgan fingerprint density at radius 2 is 1.55 bits per heavy atom. The molecule has 6 heteroatoms. The Balaban J connectivity index is 2.00. The van der Waals surface area contributed by atoms with E-state index in [1.807, 2.05) is 38.9 Å². The zero-order chi connectivity index (χ0) is 24.3. The van der Waals surface area contributed by atoms with E-state index in [4.69, 9.17) is 0 Å². The van der Waals surface area contributed by atoms with Crippen molar-refractivity contribution in [1.82, 2.24) is 5.01 Å². The number of hydrogen-bond acceptors (Lipinski definition) is 4. The lowest BCUT2D eigenvalue weighted by Crippen LogP contribution is -2.53. The maximum atomic E-state index is 13.9. The molecule has 1 N–H and O–H groups in total. The Morgan fingerprint density at radius 1 is 1.00 bits per heavy atom. The molecule has 2 aliphatic rings. The molecule has 0 atom stereocenters. The van der Waals surface area contributed by atoms with Crippen molar-refractivity contribution in [1.29, 1.82) is 0 Å². The summed E-state index contributed by atoms with van der Waals surface area (Å²) >= 11 is 1.17. The van der Waals surface area contributed by atoms with E-state index in [1.165, 1.54) is 11.3 Å². The van der Waals surface area contributed by atoms with Crippen LogP contribution in [0.2, 0.25) is 0 Å². The van der Waals surface area contributed by atoms with Crippen LogP contribution in [-0.2, 0) is 4.79 Å². The summed E-state index contributed by atoms with van der Waals surface area (Å²) in [6.07, 6.45) is 8.15. The van der Waals surface area contributed by atoms with Crippen LogP contribution in [-0.4, -0.2) is 35.1 Å². The summed E-state index contributed by atoms with van der Waals surface area (Å²) in [5.41, 5.74) is 0.299. The molecular weight excluding hydrogens is 432 g/mol. The third-order valence-corrected chi connectivity index (χ3v) is 8.13. The van der Waals surface area contributed by atoms with Crippen molar-refractivity contribution < 1.29 is 14.7 Å². The van der Waals surface area contributed by atoms with Crippen LogP contribution in [0, 0.1) is 35.0 Å². The molecule has 0 spiro atoms.